The molecular formula is C16H15N5S. The van der Waals surface area contributed by atoms with Gasteiger partial charge in [0.05, 0.1) is 11.3 Å². The molecule has 0 amide bonds. The van der Waals surface area contributed by atoms with Gasteiger partial charge in [-0.25, -0.2) is 19.9 Å². The second kappa shape index (κ2) is 5.90. The van der Waals surface area contributed by atoms with Gasteiger partial charge < -0.3 is 0 Å². The average Bonchev–Trinajstić information content (AvgIpc) is 3.08. The van der Waals surface area contributed by atoms with E-state index in [4.69, 9.17) is 4.98 Å². The summed E-state index contributed by atoms with van der Waals surface area (Å²) in [6.07, 6.45) is 7.98. The van der Waals surface area contributed by atoms with Crippen LogP contribution < -0.4 is 0 Å². The molecule has 4 rings (SSSR count). The first-order chi connectivity index (χ1) is 10.9. The first-order valence-electron chi connectivity index (χ1n) is 7.23. The summed E-state index contributed by atoms with van der Waals surface area (Å²) in [4.78, 5) is 21.1. The summed E-state index contributed by atoms with van der Waals surface area (Å²) >= 11 is 1.81. The molecule has 0 radical (unpaired) electrons. The van der Waals surface area contributed by atoms with Gasteiger partial charge in [-0.15, -0.1) is 11.3 Å². The van der Waals surface area contributed by atoms with Gasteiger partial charge >= 0.3 is 0 Å². The molecule has 0 atom stereocenters. The molecule has 3 aromatic heterocycles. The van der Waals surface area contributed by atoms with Crippen LogP contribution in [0.4, 0.5) is 0 Å². The molecule has 1 aliphatic heterocycles. The molecule has 5 nitrogen and oxygen atoms in total. The van der Waals surface area contributed by atoms with Crippen LogP contribution in [-0.4, -0.2) is 31.4 Å². The van der Waals surface area contributed by atoms with Gasteiger partial charge in [0.2, 0.25) is 0 Å². The van der Waals surface area contributed by atoms with E-state index in [1.807, 2.05) is 6.20 Å². The van der Waals surface area contributed by atoms with Crippen LogP contribution in [0.5, 0.6) is 0 Å². The molecule has 0 aliphatic carbocycles. The van der Waals surface area contributed by atoms with Gasteiger partial charge in [-0.1, -0.05) is 6.07 Å². The standard InChI is InChI=1S/C16H15N5S/c1-2-14(22-5-1)9-21-4-3-12-8-19-16(20-15(12)10-21)13-6-17-11-18-7-13/h1-2,5-8,11H,3-4,9-10H2. The molecule has 0 saturated heterocycles. The van der Waals surface area contributed by atoms with Crippen LogP contribution >= 0.6 is 11.3 Å². The fourth-order valence-electron chi connectivity index (χ4n) is 2.67. The van der Waals surface area contributed by atoms with E-state index in [0.717, 1.165) is 37.3 Å². The normalized spacial score (nSPS) is 14.7. The molecule has 0 bridgehead atoms. The maximum atomic E-state index is 4.73. The summed E-state index contributed by atoms with van der Waals surface area (Å²) in [5.41, 5.74) is 3.24. The predicted molar refractivity (Wildman–Crippen MR) is 85.2 cm³/mol. The van der Waals surface area contributed by atoms with Crippen LogP contribution in [-0.2, 0) is 19.5 Å². The summed E-state index contributed by atoms with van der Waals surface area (Å²) in [5, 5.41) is 2.13. The smallest absolute Gasteiger partial charge is 0.162 e. The third-order valence-electron chi connectivity index (χ3n) is 3.80. The van der Waals surface area contributed by atoms with Crippen molar-refractivity contribution in [2.75, 3.05) is 6.54 Å². The topological polar surface area (TPSA) is 54.8 Å². The van der Waals surface area contributed by atoms with E-state index in [-0.39, 0.29) is 0 Å². The zero-order valence-electron chi connectivity index (χ0n) is 12.0. The molecule has 3 aromatic rings. The van der Waals surface area contributed by atoms with E-state index in [0.29, 0.717) is 5.82 Å². The zero-order valence-corrected chi connectivity index (χ0v) is 12.8. The van der Waals surface area contributed by atoms with Gasteiger partial charge in [-0.05, 0) is 23.4 Å². The number of nitrogens with zero attached hydrogens (tertiary/aromatic N) is 5. The summed E-state index contributed by atoms with van der Waals surface area (Å²) in [5.74, 6) is 0.706. The largest absolute Gasteiger partial charge is 0.292 e. The number of thiophene rings is 1. The molecule has 0 unspecified atom stereocenters. The first-order valence-corrected chi connectivity index (χ1v) is 8.11. The predicted octanol–water partition coefficient (Wildman–Crippen LogP) is 2.55. The van der Waals surface area contributed by atoms with Gasteiger partial charge in [-0.3, -0.25) is 4.90 Å². The van der Waals surface area contributed by atoms with Crippen molar-refractivity contribution in [3.63, 3.8) is 0 Å². The fraction of sp³-hybridized carbons (Fsp3) is 0.250. The van der Waals surface area contributed by atoms with Crippen LogP contribution in [0, 0.1) is 0 Å². The van der Waals surface area contributed by atoms with Crippen LogP contribution in [0.3, 0.4) is 0 Å². The lowest BCUT2D eigenvalue weighted by atomic mass is 10.1. The molecule has 0 aromatic carbocycles. The molecule has 4 heterocycles. The van der Waals surface area contributed by atoms with Gasteiger partial charge in [0, 0.05) is 43.1 Å². The summed E-state index contributed by atoms with van der Waals surface area (Å²) < 4.78 is 0. The van der Waals surface area contributed by atoms with Crippen LogP contribution in [0.2, 0.25) is 0 Å². The molecule has 0 spiro atoms. The Labute approximate surface area is 132 Å². The van der Waals surface area contributed by atoms with Gasteiger partial charge in [0.25, 0.3) is 0 Å². The Bertz CT molecular complexity index is 757. The van der Waals surface area contributed by atoms with Crippen molar-refractivity contribution >= 4 is 11.3 Å². The first kappa shape index (κ1) is 13.5. The van der Waals surface area contributed by atoms with Gasteiger partial charge in [-0.2, -0.15) is 0 Å². The van der Waals surface area contributed by atoms with E-state index in [1.165, 1.54) is 16.8 Å². The van der Waals surface area contributed by atoms with Crippen molar-refractivity contribution in [3.8, 4) is 11.4 Å². The number of aromatic nitrogens is 4. The number of fused-ring (bicyclic) bond motifs is 1. The monoisotopic (exact) mass is 309 g/mol. The molecule has 22 heavy (non-hydrogen) atoms. The van der Waals surface area contributed by atoms with Crippen molar-refractivity contribution in [3.05, 3.63) is 58.6 Å². The second-order valence-electron chi connectivity index (χ2n) is 5.33. The van der Waals surface area contributed by atoms with Crippen molar-refractivity contribution in [1.82, 2.24) is 24.8 Å². The molecule has 0 fully saturated rings. The van der Waals surface area contributed by atoms with Crippen LogP contribution in [0.25, 0.3) is 11.4 Å². The lowest BCUT2D eigenvalue weighted by molar-refractivity contribution is 0.243. The highest BCUT2D eigenvalue weighted by Gasteiger charge is 2.19. The molecule has 0 N–H and O–H groups in total. The number of hydrogen-bond donors (Lipinski definition) is 0. The number of rotatable bonds is 3. The Morgan fingerprint density at radius 3 is 2.91 bits per heavy atom. The Balaban J connectivity index is 1.58. The zero-order chi connectivity index (χ0) is 14.8. The second-order valence-corrected chi connectivity index (χ2v) is 6.36. The van der Waals surface area contributed by atoms with E-state index in [1.54, 1.807) is 23.7 Å². The molecule has 6 heteroatoms. The van der Waals surface area contributed by atoms with E-state index in [2.05, 4.69) is 37.4 Å². The molecule has 110 valence electrons. The minimum absolute atomic E-state index is 0.706. The SMILES string of the molecule is c1csc(CN2CCc3cnc(-c4cncnc4)nc3C2)c1. The Kier molecular flexibility index (Phi) is 3.62. The van der Waals surface area contributed by atoms with E-state index < -0.39 is 0 Å². The quantitative estimate of drug-likeness (QED) is 0.744. The lowest BCUT2D eigenvalue weighted by Gasteiger charge is -2.27. The summed E-state index contributed by atoms with van der Waals surface area (Å²) in [6, 6.07) is 4.29. The van der Waals surface area contributed by atoms with Crippen molar-refractivity contribution < 1.29 is 0 Å². The number of hydrogen-bond acceptors (Lipinski definition) is 6. The summed E-state index contributed by atoms with van der Waals surface area (Å²) in [7, 11) is 0. The van der Waals surface area contributed by atoms with Crippen LogP contribution in [0.15, 0.2) is 42.4 Å². The van der Waals surface area contributed by atoms with Gasteiger partial charge in [0.15, 0.2) is 5.82 Å². The van der Waals surface area contributed by atoms with Crippen molar-refractivity contribution in [1.29, 1.82) is 0 Å². The minimum atomic E-state index is 0.706. The Morgan fingerprint density at radius 1 is 1.18 bits per heavy atom. The molecule has 1 aliphatic rings. The third kappa shape index (κ3) is 2.75. The van der Waals surface area contributed by atoms with Gasteiger partial charge in [0.1, 0.15) is 6.33 Å². The maximum Gasteiger partial charge on any atom is 0.162 e. The minimum Gasteiger partial charge on any atom is -0.292 e. The van der Waals surface area contributed by atoms with Crippen molar-refractivity contribution in [2.24, 2.45) is 0 Å². The fourth-order valence-corrected chi connectivity index (χ4v) is 3.41. The molecule has 0 saturated carbocycles. The lowest BCUT2D eigenvalue weighted by Crippen LogP contribution is -2.30. The third-order valence-corrected chi connectivity index (χ3v) is 4.66. The van der Waals surface area contributed by atoms with E-state index >= 15 is 0 Å². The Morgan fingerprint density at radius 2 is 2.09 bits per heavy atom. The van der Waals surface area contributed by atoms with E-state index in [9.17, 15) is 0 Å². The Hall–Kier alpha value is -2.18. The highest BCUT2D eigenvalue weighted by Crippen LogP contribution is 2.22. The van der Waals surface area contributed by atoms with Crippen LogP contribution in [0.1, 0.15) is 16.1 Å². The molecular weight excluding hydrogens is 294 g/mol. The summed E-state index contributed by atoms with van der Waals surface area (Å²) in [6.45, 7) is 2.92. The highest BCUT2D eigenvalue weighted by atomic mass is 32.1. The average molecular weight is 309 g/mol. The highest BCUT2D eigenvalue weighted by molar-refractivity contribution is 7.09. The van der Waals surface area contributed by atoms with Crippen molar-refractivity contribution in [2.45, 2.75) is 19.5 Å². The maximum absolute atomic E-state index is 4.73.